The van der Waals surface area contributed by atoms with E-state index < -0.39 is 0 Å². The van der Waals surface area contributed by atoms with Gasteiger partial charge in [-0.05, 0) is 59.7 Å². The predicted octanol–water partition coefficient (Wildman–Crippen LogP) is 12.8. The van der Waals surface area contributed by atoms with Crippen LogP contribution < -0.4 is 0 Å². The predicted molar refractivity (Wildman–Crippen MR) is 225 cm³/mol. The van der Waals surface area contributed by atoms with Crippen LogP contribution in [-0.2, 0) is 0 Å². The van der Waals surface area contributed by atoms with E-state index in [4.69, 9.17) is 9.97 Å². The van der Waals surface area contributed by atoms with Crippen molar-refractivity contribution in [2.24, 2.45) is 0 Å². The summed E-state index contributed by atoms with van der Waals surface area (Å²) in [6.07, 6.45) is 1.92. The molecule has 0 aliphatic heterocycles. The first-order chi connectivity index (χ1) is 26.8. The molecule has 11 aromatic rings. The van der Waals surface area contributed by atoms with E-state index in [9.17, 15) is 0 Å². The Morgan fingerprint density at radius 1 is 0.333 bits per heavy atom. The highest BCUT2D eigenvalue weighted by atomic mass is 15.1. The molecule has 252 valence electrons. The Morgan fingerprint density at radius 3 is 1.44 bits per heavy atom. The first-order valence-corrected chi connectivity index (χ1v) is 18.3. The minimum atomic E-state index is 0.850. The topological polar surface area (TPSA) is 35.6 Å². The van der Waals surface area contributed by atoms with Gasteiger partial charge in [-0.15, -0.1) is 0 Å². The monoisotopic (exact) mass is 688 g/mol. The molecule has 0 saturated heterocycles. The average molecular weight is 689 g/mol. The van der Waals surface area contributed by atoms with Crippen molar-refractivity contribution in [3.05, 3.63) is 194 Å². The van der Waals surface area contributed by atoms with Crippen LogP contribution in [0.25, 0.3) is 99.5 Å². The Morgan fingerprint density at radius 2 is 0.815 bits per heavy atom. The van der Waals surface area contributed by atoms with E-state index in [2.05, 4.69) is 191 Å². The number of nitrogens with zero attached hydrogens (tertiary/aromatic N) is 4. The van der Waals surface area contributed by atoms with E-state index in [1.807, 2.05) is 12.3 Å². The smallest absolute Gasteiger partial charge is 0.138 e. The minimum absolute atomic E-state index is 0.850. The molecule has 0 amide bonds. The fourth-order valence-corrected chi connectivity index (χ4v) is 8.34. The summed E-state index contributed by atoms with van der Waals surface area (Å²) in [5.41, 5.74) is 12.0. The number of fused-ring (bicyclic) bond motifs is 9. The molecule has 4 heteroatoms. The molecule has 4 aromatic heterocycles. The maximum absolute atomic E-state index is 5.25. The van der Waals surface area contributed by atoms with Crippen molar-refractivity contribution in [2.45, 2.75) is 0 Å². The number of hydrogen-bond donors (Lipinski definition) is 0. The molecule has 4 nitrogen and oxygen atoms in total. The van der Waals surface area contributed by atoms with E-state index >= 15 is 0 Å². The lowest BCUT2D eigenvalue weighted by atomic mass is 10.0. The van der Waals surface area contributed by atoms with Gasteiger partial charge >= 0.3 is 0 Å². The molecule has 0 aliphatic carbocycles. The summed E-state index contributed by atoms with van der Waals surface area (Å²) in [7, 11) is 0. The van der Waals surface area contributed by atoms with Crippen LogP contribution in [0.5, 0.6) is 0 Å². The third-order valence-electron chi connectivity index (χ3n) is 10.7. The van der Waals surface area contributed by atoms with Crippen LogP contribution >= 0.6 is 0 Å². The lowest BCUT2D eigenvalue weighted by Gasteiger charge is -2.13. The number of benzene rings is 7. The van der Waals surface area contributed by atoms with Gasteiger partial charge in [-0.25, -0.2) is 9.97 Å². The zero-order valence-electron chi connectivity index (χ0n) is 29.3. The van der Waals surface area contributed by atoms with Crippen LogP contribution in [-0.4, -0.2) is 19.1 Å². The van der Waals surface area contributed by atoms with Crippen LogP contribution in [0, 0.1) is 0 Å². The molecular weight excluding hydrogens is 657 g/mol. The summed E-state index contributed by atoms with van der Waals surface area (Å²) in [6.45, 7) is 0. The molecule has 7 aromatic carbocycles. The molecule has 0 atom stereocenters. The van der Waals surface area contributed by atoms with Gasteiger partial charge in [0, 0.05) is 55.3 Å². The molecule has 0 N–H and O–H groups in total. The lowest BCUT2D eigenvalue weighted by molar-refractivity contribution is 1.08. The van der Waals surface area contributed by atoms with Gasteiger partial charge in [-0.2, -0.15) is 0 Å². The molecule has 0 radical (unpaired) electrons. The Labute approximate surface area is 311 Å². The number of aromatic nitrogens is 4. The zero-order valence-corrected chi connectivity index (χ0v) is 29.3. The van der Waals surface area contributed by atoms with Gasteiger partial charge < -0.3 is 4.57 Å². The Hall–Kier alpha value is -7.30. The van der Waals surface area contributed by atoms with Crippen molar-refractivity contribution in [1.29, 1.82) is 0 Å². The van der Waals surface area contributed by atoms with Crippen molar-refractivity contribution in [1.82, 2.24) is 19.1 Å². The molecule has 4 heterocycles. The Bertz CT molecular complexity index is 3140. The average Bonchev–Trinajstić information content (AvgIpc) is 3.78. The number of hydrogen-bond acceptors (Lipinski definition) is 2. The molecular formula is C50H32N4. The number of rotatable bonds is 5. The van der Waals surface area contributed by atoms with E-state index in [1.165, 1.54) is 43.4 Å². The largest absolute Gasteiger partial charge is 0.309 e. The van der Waals surface area contributed by atoms with E-state index in [-0.39, 0.29) is 0 Å². The van der Waals surface area contributed by atoms with Gasteiger partial charge in [0.05, 0.1) is 33.5 Å². The van der Waals surface area contributed by atoms with Gasteiger partial charge in [0.2, 0.25) is 0 Å². The van der Waals surface area contributed by atoms with Crippen LogP contribution in [0.4, 0.5) is 0 Å². The summed E-state index contributed by atoms with van der Waals surface area (Å²) >= 11 is 0. The summed E-state index contributed by atoms with van der Waals surface area (Å²) in [5.74, 6) is 0.850. The fraction of sp³-hybridized carbons (Fsp3) is 0. The molecule has 0 saturated carbocycles. The quantitative estimate of drug-likeness (QED) is 0.180. The van der Waals surface area contributed by atoms with Gasteiger partial charge in [0.15, 0.2) is 0 Å². The molecule has 0 aliphatic rings. The molecule has 0 spiro atoms. The van der Waals surface area contributed by atoms with Crippen LogP contribution in [0.2, 0.25) is 0 Å². The Balaban J connectivity index is 1.18. The van der Waals surface area contributed by atoms with Gasteiger partial charge in [0.1, 0.15) is 5.82 Å². The second-order valence-corrected chi connectivity index (χ2v) is 13.8. The fourth-order valence-electron chi connectivity index (χ4n) is 8.34. The van der Waals surface area contributed by atoms with Crippen molar-refractivity contribution in [2.75, 3.05) is 0 Å². The molecule has 0 bridgehead atoms. The van der Waals surface area contributed by atoms with Gasteiger partial charge in [-0.3, -0.25) is 4.57 Å². The minimum Gasteiger partial charge on any atom is -0.309 e. The highest BCUT2D eigenvalue weighted by molar-refractivity contribution is 6.26. The van der Waals surface area contributed by atoms with Crippen molar-refractivity contribution >= 4 is 54.4 Å². The summed E-state index contributed by atoms with van der Waals surface area (Å²) < 4.78 is 4.76. The van der Waals surface area contributed by atoms with E-state index in [0.717, 1.165) is 56.2 Å². The highest BCUT2D eigenvalue weighted by Crippen LogP contribution is 2.42. The zero-order chi connectivity index (χ0) is 35.6. The summed E-state index contributed by atoms with van der Waals surface area (Å²) in [6, 6.07) is 66.9. The standard InChI is InChI=1S/C50H32N4/c1-4-14-33(15-5-1)36-30-44(34-16-6-2-7-17-34)52-45(31-36)35-28-29-51-48(32-35)54-47-23-13-11-21-39(47)41-25-26-42-43(50(41)54)27-24-40-38-20-10-12-22-46(38)53(49(40)42)37-18-8-3-9-19-37/h1-32H. The third kappa shape index (κ3) is 4.70. The van der Waals surface area contributed by atoms with E-state index in [0.29, 0.717) is 0 Å². The van der Waals surface area contributed by atoms with Crippen LogP contribution in [0.3, 0.4) is 0 Å². The van der Waals surface area contributed by atoms with Crippen molar-refractivity contribution in [3.63, 3.8) is 0 Å². The third-order valence-corrected chi connectivity index (χ3v) is 10.7. The normalized spacial score (nSPS) is 11.7. The van der Waals surface area contributed by atoms with Crippen LogP contribution in [0.1, 0.15) is 0 Å². The summed E-state index contributed by atoms with van der Waals surface area (Å²) in [5, 5.41) is 7.25. The molecule has 11 rings (SSSR count). The van der Waals surface area contributed by atoms with Crippen molar-refractivity contribution in [3.8, 4) is 45.1 Å². The molecule has 0 fully saturated rings. The second-order valence-electron chi connectivity index (χ2n) is 13.8. The first-order valence-electron chi connectivity index (χ1n) is 18.3. The maximum atomic E-state index is 5.25. The van der Waals surface area contributed by atoms with Gasteiger partial charge in [-0.1, -0.05) is 140 Å². The lowest BCUT2D eigenvalue weighted by Crippen LogP contribution is -1.99. The second kappa shape index (κ2) is 12.1. The number of para-hydroxylation sites is 3. The molecule has 0 unspecified atom stereocenters. The van der Waals surface area contributed by atoms with Crippen LogP contribution in [0.15, 0.2) is 194 Å². The summed E-state index contributed by atoms with van der Waals surface area (Å²) in [4.78, 5) is 10.3. The van der Waals surface area contributed by atoms with Gasteiger partial charge in [0.25, 0.3) is 0 Å². The molecule has 54 heavy (non-hydrogen) atoms. The first kappa shape index (κ1) is 30.3. The number of pyridine rings is 2. The van der Waals surface area contributed by atoms with Crippen molar-refractivity contribution < 1.29 is 0 Å². The SMILES string of the molecule is c1ccc(-c2cc(-c3ccccc3)nc(-c3ccnc(-n4c5ccccc5c5ccc6c(ccc7c8ccccc8n(-c8ccccc8)c76)c54)c3)c2)cc1. The highest BCUT2D eigenvalue weighted by Gasteiger charge is 2.20. The Kier molecular flexibility index (Phi) is 6.82. The maximum Gasteiger partial charge on any atom is 0.138 e. The van der Waals surface area contributed by atoms with E-state index in [1.54, 1.807) is 0 Å².